The quantitative estimate of drug-likeness (QED) is 0.300. The van der Waals surface area contributed by atoms with Crippen LogP contribution < -0.4 is 5.32 Å². The maximum absolute atomic E-state index is 12.7. The SMILES string of the molecule is CCOC(=O)c1cnn(-c2cc(C)c3cccc(C)c3n2)c1Nc1nc2ccc(CC)cc2s1. The lowest BCUT2D eigenvalue weighted by Crippen LogP contribution is -2.10. The van der Waals surface area contributed by atoms with E-state index in [4.69, 9.17) is 14.7 Å². The van der Waals surface area contributed by atoms with Crippen molar-refractivity contribution in [2.24, 2.45) is 0 Å². The Bertz CT molecular complexity index is 1540. The van der Waals surface area contributed by atoms with Crippen molar-refractivity contribution in [1.82, 2.24) is 19.7 Å². The highest BCUT2D eigenvalue weighted by Crippen LogP contribution is 2.32. The van der Waals surface area contributed by atoms with E-state index < -0.39 is 5.97 Å². The molecule has 0 amide bonds. The monoisotopic (exact) mass is 471 g/mol. The third-order valence-electron chi connectivity index (χ3n) is 5.80. The van der Waals surface area contributed by atoms with Crippen LogP contribution in [0.1, 0.15) is 40.9 Å². The molecule has 1 N–H and O–H groups in total. The van der Waals surface area contributed by atoms with Crippen molar-refractivity contribution in [2.45, 2.75) is 34.1 Å². The van der Waals surface area contributed by atoms with Gasteiger partial charge in [0.25, 0.3) is 0 Å². The molecule has 0 spiro atoms. The normalized spacial score (nSPS) is 11.3. The van der Waals surface area contributed by atoms with Crippen LogP contribution in [0.15, 0.2) is 48.7 Å². The number of fused-ring (bicyclic) bond motifs is 2. The first-order valence-electron chi connectivity index (χ1n) is 11.3. The number of nitrogens with one attached hydrogen (secondary N) is 1. The molecule has 0 unspecified atom stereocenters. The zero-order chi connectivity index (χ0) is 23.8. The smallest absolute Gasteiger partial charge is 0.343 e. The number of carbonyl (C=O) groups excluding carboxylic acids is 1. The number of anilines is 2. The molecule has 5 aromatic rings. The van der Waals surface area contributed by atoms with Gasteiger partial charge in [0.15, 0.2) is 16.8 Å². The van der Waals surface area contributed by atoms with Gasteiger partial charge in [0, 0.05) is 5.39 Å². The first-order valence-corrected chi connectivity index (χ1v) is 12.1. The fraction of sp³-hybridized carbons (Fsp3) is 0.231. The second-order valence-electron chi connectivity index (χ2n) is 8.11. The maximum atomic E-state index is 12.7. The Morgan fingerprint density at radius 1 is 1.09 bits per heavy atom. The second kappa shape index (κ2) is 8.87. The van der Waals surface area contributed by atoms with E-state index in [2.05, 4.69) is 42.5 Å². The van der Waals surface area contributed by atoms with E-state index in [1.165, 1.54) is 23.1 Å². The lowest BCUT2D eigenvalue weighted by atomic mass is 10.1. The minimum atomic E-state index is -0.445. The van der Waals surface area contributed by atoms with E-state index in [0.717, 1.165) is 38.7 Å². The fourth-order valence-electron chi connectivity index (χ4n) is 4.00. The molecule has 5 rings (SSSR count). The Kier molecular flexibility index (Phi) is 5.75. The first-order chi connectivity index (χ1) is 16.5. The van der Waals surface area contributed by atoms with Gasteiger partial charge in [0.2, 0.25) is 0 Å². The van der Waals surface area contributed by atoms with Crippen LogP contribution in [0.2, 0.25) is 0 Å². The highest BCUT2D eigenvalue weighted by Gasteiger charge is 2.22. The van der Waals surface area contributed by atoms with E-state index in [9.17, 15) is 4.79 Å². The van der Waals surface area contributed by atoms with Gasteiger partial charge in [0.1, 0.15) is 5.56 Å². The number of hydrogen-bond donors (Lipinski definition) is 1. The third kappa shape index (κ3) is 3.90. The van der Waals surface area contributed by atoms with E-state index >= 15 is 0 Å². The number of para-hydroxylation sites is 1. The molecule has 34 heavy (non-hydrogen) atoms. The number of esters is 1. The summed E-state index contributed by atoms with van der Waals surface area (Å²) in [5.74, 6) is 0.652. The number of benzene rings is 2. The Balaban J connectivity index is 1.64. The second-order valence-corrected chi connectivity index (χ2v) is 9.14. The van der Waals surface area contributed by atoms with Crippen molar-refractivity contribution in [3.63, 3.8) is 0 Å². The van der Waals surface area contributed by atoms with Gasteiger partial charge in [-0.05, 0) is 62.1 Å². The third-order valence-corrected chi connectivity index (χ3v) is 6.74. The van der Waals surface area contributed by atoms with Crippen LogP contribution in [-0.2, 0) is 11.2 Å². The van der Waals surface area contributed by atoms with E-state index in [-0.39, 0.29) is 6.61 Å². The van der Waals surface area contributed by atoms with Crippen molar-refractivity contribution in [1.29, 1.82) is 0 Å². The summed E-state index contributed by atoms with van der Waals surface area (Å²) >= 11 is 1.54. The van der Waals surface area contributed by atoms with Crippen LogP contribution in [0, 0.1) is 13.8 Å². The number of rotatable bonds is 6. The summed E-state index contributed by atoms with van der Waals surface area (Å²) in [5.41, 5.74) is 5.56. The van der Waals surface area contributed by atoms with Gasteiger partial charge in [-0.3, -0.25) is 0 Å². The lowest BCUT2D eigenvalue weighted by Gasteiger charge is -2.12. The summed E-state index contributed by atoms with van der Waals surface area (Å²) in [7, 11) is 0. The van der Waals surface area contributed by atoms with E-state index in [1.807, 2.05) is 31.2 Å². The van der Waals surface area contributed by atoms with Crippen LogP contribution in [0.4, 0.5) is 10.9 Å². The predicted molar refractivity (Wildman–Crippen MR) is 137 cm³/mol. The van der Waals surface area contributed by atoms with Crippen molar-refractivity contribution in [3.8, 4) is 5.82 Å². The molecule has 172 valence electrons. The standard InChI is InChI=1S/C26H25N5O2S/c1-5-17-10-11-20-21(13-17)34-26(28-20)30-24-19(25(32)33-6-2)14-27-31(24)22-12-16(4)18-9-7-8-15(3)23(18)29-22/h7-14H,5-6H2,1-4H3,(H,28,30). The number of aryl methyl sites for hydroxylation is 3. The molecule has 7 nitrogen and oxygen atoms in total. The molecule has 0 atom stereocenters. The average molecular weight is 472 g/mol. The van der Waals surface area contributed by atoms with Gasteiger partial charge >= 0.3 is 5.97 Å². The highest BCUT2D eigenvalue weighted by molar-refractivity contribution is 7.22. The number of aromatic nitrogens is 4. The number of nitrogens with zero attached hydrogens (tertiary/aromatic N) is 4. The number of ether oxygens (including phenoxy) is 1. The molecule has 0 aliphatic rings. The zero-order valence-electron chi connectivity index (χ0n) is 19.5. The van der Waals surface area contributed by atoms with Crippen LogP contribution in [-0.4, -0.2) is 32.3 Å². The summed E-state index contributed by atoms with van der Waals surface area (Å²) in [5, 5.41) is 9.61. The minimum absolute atomic E-state index is 0.275. The lowest BCUT2D eigenvalue weighted by molar-refractivity contribution is 0.0527. The molecule has 8 heteroatoms. The molecule has 0 aliphatic heterocycles. The highest BCUT2D eigenvalue weighted by atomic mass is 32.1. The Morgan fingerprint density at radius 2 is 1.94 bits per heavy atom. The number of pyridine rings is 1. The van der Waals surface area contributed by atoms with Crippen molar-refractivity contribution < 1.29 is 9.53 Å². The van der Waals surface area contributed by atoms with Gasteiger partial charge in [-0.1, -0.05) is 42.5 Å². The molecule has 0 radical (unpaired) electrons. The van der Waals surface area contributed by atoms with Crippen molar-refractivity contribution >= 4 is 49.4 Å². The van der Waals surface area contributed by atoms with Gasteiger partial charge in [-0.15, -0.1) is 0 Å². The summed E-state index contributed by atoms with van der Waals surface area (Å²) in [6.45, 7) is 8.28. The Morgan fingerprint density at radius 3 is 2.74 bits per heavy atom. The molecular formula is C26H25N5O2S. The van der Waals surface area contributed by atoms with Gasteiger partial charge < -0.3 is 10.1 Å². The van der Waals surface area contributed by atoms with Crippen LogP contribution in [0.3, 0.4) is 0 Å². The molecule has 0 saturated carbocycles. The maximum Gasteiger partial charge on any atom is 0.343 e. The summed E-state index contributed by atoms with van der Waals surface area (Å²) in [4.78, 5) is 22.3. The zero-order valence-corrected chi connectivity index (χ0v) is 20.4. The molecule has 0 fully saturated rings. The molecule has 0 aliphatic carbocycles. The number of thiazole rings is 1. The van der Waals surface area contributed by atoms with E-state index in [0.29, 0.717) is 22.3 Å². The Hall–Kier alpha value is -3.78. The van der Waals surface area contributed by atoms with Crippen LogP contribution >= 0.6 is 11.3 Å². The van der Waals surface area contributed by atoms with Gasteiger partial charge in [0.05, 0.1) is 28.5 Å². The summed E-state index contributed by atoms with van der Waals surface area (Å²) in [6, 6.07) is 14.4. The fourth-order valence-corrected chi connectivity index (χ4v) is 4.93. The van der Waals surface area contributed by atoms with Crippen LogP contribution in [0.5, 0.6) is 0 Å². The van der Waals surface area contributed by atoms with Gasteiger partial charge in [-0.2, -0.15) is 9.78 Å². The predicted octanol–water partition coefficient (Wildman–Crippen LogP) is 6.13. The molecule has 0 saturated heterocycles. The molecular weight excluding hydrogens is 446 g/mol. The average Bonchev–Trinajstić information content (AvgIpc) is 3.43. The molecule has 3 heterocycles. The number of carbonyl (C=O) groups is 1. The Labute approximate surface area is 201 Å². The van der Waals surface area contributed by atoms with Crippen molar-refractivity contribution in [2.75, 3.05) is 11.9 Å². The summed E-state index contributed by atoms with van der Waals surface area (Å²) in [6.07, 6.45) is 2.48. The minimum Gasteiger partial charge on any atom is -0.462 e. The number of hydrogen-bond acceptors (Lipinski definition) is 7. The molecule has 2 aromatic carbocycles. The molecule has 3 aromatic heterocycles. The molecule has 0 bridgehead atoms. The van der Waals surface area contributed by atoms with E-state index in [1.54, 1.807) is 11.6 Å². The largest absolute Gasteiger partial charge is 0.462 e. The topological polar surface area (TPSA) is 81.9 Å². The van der Waals surface area contributed by atoms with Gasteiger partial charge in [-0.25, -0.2) is 14.8 Å². The van der Waals surface area contributed by atoms with Crippen LogP contribution in [0.25, 0.3) is 26.9 Å². The van der Waals surface area contributed by atoms with Crippen molar-refractivity contribution in [3.05, 3.63) is 70.9 Å². The first kappa shape index (κ1) is 22.0. The summed E-state index contributed by atoms with van der Waals surface area (Å²) < 4.78 is 8.02.